The summed E-state index contributed by atoms with van der Waals surface area (Å²) >= 11 is 0. The van der Waals surface area contributed by atoms with Crippen LogP contribution in [-0.4, -0.2) is 33.0 Å². The molecule has 0 aliphatic carbocycles. The van der Waals surface area contributed by atoms with Gasteiger partial charge in [-0.2, -0.15) is 0 Å². The summed E-state index contributed by atoms with van der Waals surface area (Å²) < 4.78 is 32.8. The second-order valence-electron chi connectivity index (χ2n) is 14.8. The normalized spacial score (nSPS) is 11.2. The van der Waals surface area contributed by atoms with Gasteiger partial charge in [-0.15, -0.1) is 0 Å². The highest BCUT2D eigenvalue weighted by atomic mass is 16.5. The Balaban J connectivity index is 2.03. The van der Waals surface area contributed by atoms with Crippen molar-refractivity contribution in [1.29, 1.82) is 0 Å². The molecule has 5 heteroatoms. The third-order valence-electron chi connectivity index (χ3n) is 10.1. The van der Waals surface area contributed by atoms with E-state index in [4.69, 9.17) is 23.7 Å². The van der Waals surface area contributed by atoms with E-state index >= 15 is 0 Å². The number of rotatable bonds is 27. The standard InChI is InChI=1S/C49H70O5/c1-7-13-19-20-26-38-32-39-40(33-45(38)50-27-21-14-8-2)42-35-47(52-29-23-16-10-4)49(54-31-25-18-12-6)37-44(42)43-36-48(53-30-24-17-11-5)46(34-41(39)43)51-28-22-15-9-3/h32-37H,7-19,21-25,27-31H2,1-6H3. The summed E-state index contributed by atoms with van der Waals surface area (Å²) in [5, 5.41) is 6.70. The van der Waals surface area contributed by atoms with Gasteiger partial charge in [-0.05, 0) is 107 Å². The summed E-state index contributed by atoms with van der Waals surface area (Å²) in [5.41, 5.74) is 0.938. The highest BCUT2D eigenvalue weighted by Gasteiger charge is 2.20. The molecule has 54 heavy (non-hydrogen) atoms. The molecular formula is C49H70O5. The van der Waals surface area contributed by atoms with Gasteiger partial charge in [0.25, 0.3) is 0 Å². The molecule has 0 saturated heterocycles. The topological polar surface area (TPSA) is 46.2 Å². The summed E-state index contributed by atoms with van der Waals surface area (Å²) in [6.45, 7) is 16.7. The first-order chi connectivity index (χ1) is 26.6. The minimum atomic E-state index is 0.660. The molecular weight excluding hydrogens is 669 g/mol. The average Bonchev–Trinajstić information content (AvgIpc) is 3.19. The predicted octanol–water partition coefficient (Wildman–Crippen LogP) is 14.5. The Hall–Kier alpha value is -3.78. The highest BCUT2D eigenvalue weighted by Crippen LogP contribution is 2.46. The first-order valence-electron chi connectivity index (χ1n) is 21.8. The summed E-state index contributed by atoms with van der Waals surface area (Å²) in [7, 11) is 0. The lowest BCUT2D eigenvalue weighted by molar-refractivity contribution is 0.260. The minimum Gasteiger partial charge on any atom is -0.492 e. The number of hydrogen-bond acceptors (Lipinski definition) is 5. The zero-order valence-corrected chi connectivity index (χ0v) is 34.8. The van der Waals surface area contributed by atoms with Crippen LogP contribution in [0, 0.1) is 11.8 Å². The van der Waals surface area contributed by atoms with Crippen LogP contribution in [0.2, 0.25) is 0 Å². The molecule has 0 amide bonds. The molecule has 0 unspecified atom stereocenters. The van der Waals surface area contributed by atoms with Crippen molar-refractivity contribution in [3.05, 3.63) is 42.0 Å². The second-order valence-corrected chi connectivity index (χ2v) is 14.8. The Labute approximate surface area is 327 Å². The van der Waals surface area contributed by atoms with Crippen LogP contribution in [0.15, 0.2) is 36.4 Å². The van der Waals surface area contributed by atoms with Gasteiger partial charge < -0.3 is 23.7 Å². The highest BCUT2D eigenvalue weighted by molar-refractivity contribution is 6.26. The Morgan fingerprint density at radius 3 is 0.926 bits per heavy atom. The van der Waals surface area contributed by atoms with Gasteiger partial charge in [0.05, 0.1) is 38.6 Å². The van der Waals surface area contributed by atoms with Crippen LogP contribution in [0.3, 0.4) is 0 Å². The minimum absolute atomic E-state index is 0.660. The molecule has 0 bridgehead atoms. The molecule has 296 valence electrons. The summed E-state index contributed by atoms with van der Waals surface area (Å²) in [4.78, 5) is 0. The van der Waals surface area contributed by atoms with Crippen molar-refractivity contribution < 1.29 is 23.7 Å². The number of benzene rings is 4. The van der Waals surface area contributed by atoms with Crippen molar-refractivity contribution in [2.75, 3.05) is 33.0 Å². The van der Waals surface area contributed by atoms with Crippen LogP contribution < -0.4 is 23.7 Å². The Kier molecular flexibility index (Phi) is 19.6. The maximum absolute atomic E-state index is 6.57. The average molecular weight is 739 g/mol. The van der Waals surface area contributed by atoms with Crippen molar-refractivity contribution in [2.45, 2.75) is 157 Å². The van der Waals surface area contributed by atoms with Crippen LogP contribution in [0.1, 0.15) is 163 Å². The molecule has 0 heterocycles. The smallest absolute Gasteiger partial charge is 0.161 e. The van der Waals surface area contributed by atoms with E-state index in [0.717, 1.165) is 182 Å². The molecule has 5 nitrogen and oxygen atoms in total. The van der Waals surface area contributed by atoms with Gasteiger partial charge in [-0.25, -0.2) is 0 Å². The largest absolute Gasteiger partial charge is 0.492 e. The van der Waals surface area contributed by atoms with E-state index in [9.17, 15) is 0 Å². The molecule has 0 aromatic heterocycles. The van der Waals surface area contributed by atoms with Gasteiger partial charge in [-0.3, -0.25) is 0 Å². The van der Waals surface area contributed by atoms with Crippen LogP contribution in [0.25, 0.3) is 32.3 Å². The van der Waals surface area contributed by atoms with E-state index < -0.39 is 0 Å². The lowest BCUT2D eigenvalue weighted by atomic mass is 9.92. The Morgan fingerprint density at radius 2 is 0.611 bits per heavy atom. The van der Waals surface area contributed by atoms with E-state index in [0.29, 0.717) is 33.0 Å². The van der Waals surface area contributed by atoms with Crippen LogP contribution in [0.4, 0.5) is 0 Å². The first-order valence-corrected chi connectivity index (χ1v) is 21.8. The quantitative estimate of drug-likeness (QED) is 0.0346. The molecule has 0 N–H and O–H groups in total. The molecule has 4 aromatic rings. The predicted molar refractivity (Wildman–Crippen MR) is 230 cm³/mol. The lowest BCUT2D eigenvalue weighted by Gasteiger charge is -2.20. The third-order valence-corrected chi connectivity index (χ3v) is 10.1. The SMILES string of the molecule is CCCCC#Cc1cc2c(cc1OCCCCC)c1cc(OCCCCC)c(OCCCCC)cc1c1cc(OCCCCC)c(OCCCCC)cc21. The number of fused-ring (bicyclic) bond motifs is 6. The zero-order chi connectivity index (χ0) is 38.4. The van der Waals surface area contributed by atoms with Crippen molar-refractivity contribution in [1.82, 2.24) is 0 Å². The van der Waals surface area contributed by atoms with Crippen molar-refractivity contribution >= 4 is 32.3 Å². The van der Waals surface area contributed by atoms with E-state index in [1.54, 1.807) is 0 Å². The van der Waals surface area contributed by atoms with Gasteiger partial charge in [0, 0.05) is 6.42 Å². The van der Waals surface area contributed by atoms with Gasteiger partial charge in [0.15, 0.2) is 23.0 Å². The Morgan fingerprint density at radius 1 is 0.333 bits per heavy atom. The van der Waals surface area contributed by atoms with Gasteiger partial charge in [0.2, 0.25) is 0 Å². The van der Waals surface area contributed by atoms with Gasteiger partial charge >= 0.3 is 0 Å². The lowest BCUT2D eigenvalue weighted by Crippen LogP contribution is -2.04. The molecule has 0 spiro atoms. The fourth-order valence-corrected chi connectivity index (χ4v) is 6.80. The molecule has 4 aromatic carbocycles. The zero-order valence-electron chi connectivity index (χ0n) is 34.8. The van der Waals surface area contributed by atoms with Crippen LogP contribution in [-0.2, 0) is 0 Å². The number of unbranched alkanes of at least 4 members (excludes halogenated alkanes) is 12. The maximum atomic E-state index is 6.57. The van der Waals surface area contributed by atoms with Crippen molar-refractivity contribution in [2.24, 2.45) is 0 Å². The first kappa shape index (κ1) is 43.0. The van der Waals surface area contributed by atoms with E-state index in [-0.39, 0.29) is 0 Å². The van der Waals surface area contributed by atoms with Crippen molar-refractivity contribution in [3.63, 3.8) is 0 Å². The van der Waals surface area contributed by atoms with Gasteiger partial charge in [-0.1, -0.05) is 124 Å². The monoisotopic (exact) mass is 739 g/mol. The van der Waals surface area contributed by atoms with Crippen molar-refractivity contribution in [3.8, 4) is 40.6 Å². The molecule has 0 aliphatic rings. The van der Waals surface area contributed by atoms with Crippen LogP contribution in [0.5, 0.6) is 28.7 Å². The van der Waals surface area contributed by atoms with E-state index in [2.05, 4.69) is 89.8 Å². The Bertz CT molecular complexity index is 1720. The summed E-state index contributed by atoms with van der Waals surface area (Å²) in [6.07, 6.45) is 19.6. The second kappa shape index (κ2) is 24.6. The molecule has 0 aliphatic heterocycles. The molecule has 4 rings (SSSR count). The summed E-state index contributed by atoms with van der Waals surface area (Å²) in [5.74, 6) is 11.0. The van der Waals surface area contributed by atoms with E-state index in [1.807, 2.05) is 0 Å². The maximum Gasteiger partial charge on any atom is 0.161 e. The molecule has 0 radical (unpaired) electrons. The third kappa shape index (κ3) is 12.6. The molecule has 0 atom stereocenters. The fourth-order valence-electron chi connectivity index (χ4n) is 6.80. The molecule has 0 fully saturated rings. The number of hydrogen-bond donors (Lipinski definition) is 0. The van der Waals surface area contributed by atoms with Gasteiger partial charge in [0.1, 0.15) is 5.75 Å². The fraction of sp³-hybridized carbons (Fsp3) is 0.592. The van der Waals surface area contributed by atoms with E-state index in [1.165, 1.54) is 0 Å². The number of ether oxygens (including phenoxy) is 5. The summed E-state index contributed by atoms with van der Waals surface area (Å²) in [6, 6.07) is 13.3. The molecule has 0 saturated carbocycles. The van der Waals surface area contributed by atoms with Crippen LogP contribution >= 0.6 is 0 Å².